The van der Waals surface area contributed by atoms with Gasteiger partial charge in [0.1, 0.15) is 5.76 Å². The van der Waals surface area contributed by atoms with Crippen molar-refractivity contribution < 1.29 is 9.53 Å². The van der Waals surface area contributed by atoms with Crippen molar-refractivity contribution in [3.05, 3.63) is 67.8 Å². The Hall–Kier alpha value is -1.65. The molecule has 0 N–H and O–H groups in total. The van der Waals surface area contributed by atoms with Gasteiger partial charge in [0, 0.05) is 19.8 Å². The Kier molecular flexibility index (Phi) is 3.59. The molecule has 0 amide bonds. The fraction of sp³-hybridized carbons (Fsp3) is 0.0625. The standard InChI is InChI=1S/C16H11BrO2S/c1-10-2-7-14(20-10)8-12-9-15(19-16(12)18)11-3-5-13(17)6-4-11/h2-9H,1H3/b12-8-. The highest BCUT2D eigenvalue weighted by Crippen LogP contribution is 2.29. The largest absolute Gasteiger partial charge is 0.422 e. The molecule has 2 heterocycles. The Bertz CT molecular complexity index is 723. The first-order valence-electron chi connectivity index (χ1n) is 6.10. The van der Waals surface area contributed by atoms with Crippen LogP contribution in [0.4, 0.5) is 0 Å². The fourth-order valence-corrected chi connectivity index (χ4v) is 3.02. The summed E-state index contributed by atoms with van der Waals surface area (Å²) in [7, 11) is 0. The summed E-state index contributed by atoms with van der Waals surface area (Å²) in [6, 6.07) is 11.7. The molecule has 2 nitrogen and oxygen atoms in total. The number of aryl methyl sites for hydroxylation is 1. The lowest BCUT2D eigenvalue weighted by Crippen LogP contribution is -1.96. The summed E-state index contributed by atoms with van der Waals surface area (Å²) in [4.78, 5) is 14.2. The summed E-state index contributed by atoms with van der Waals surface area (Å²) in [5.74, 6) is 0.302. The lowest BCUT2D eigenvalue weighted by Gasteiger charge is -2.01. The molecule has 0 spiro atoms. The summed E-state index contributed by atoms with van der Waals surface area (Å²) in [6.07, 6.45) is 3.66. The van der Waals surface area contributed by atoms with Crippen molar-refractivity contribution in [2.75, 3.05) is 0 Å². The number of ether oxygens (including phenoxy) is 1. The highest BCUT2D eigenvalue weighted by atomic mass is 79.9. The summed E-state index contributed by atoms with van der Waals surface area (Å²) in [5.41, 5.74) is 1.48. The zero-order chi connectivity index (χ0) is 14.1. The van der Waals surface area contributed by atoms with Crippen LogP contribution in [-0.2, 0) is 9.53 Å². The smallest absolute Gasteiger partial charge is 0.343 e. The minimum atomic E-state index is -0.297. The average molecular weight is 347 g/mol. The molecule has 0 saturated carbocycles. The van der Waals surface area contributed by atoms with E-state index in [1.54, 1.807) is 17.4 Å². The van der Waals surface area contributed by atoms with Gasteiger partial charge in [0.25, 0.3) is 0 Å². The van der Waals surface area contributed by atoms with E-state index in [4.69, 9.17) is 4.74 Å². The maximum Gasteiger partial charge on any atom is 0.343 e. The number of esters is 1. The lowest BCUT2D eigenvalue weighted by atomic mass is 10.1. The van der Waals surface area contributed by atoms with Gasteiger partial charge in [-0.2, -0.15) is 0 Å². The Morgan fingerprint density at radius 2 is 1.90 bits per heavy atom. The van der Waals surface area contributed by atoms with E-state index in [1.165, 1.54) is 4.88 Å². The van der Waals surface area contributed by atoms with Crippen molar-refractivity contribution in [1.82, 2.24) is 0 Å². The molecule has 0 aliphatic carbocycles. The maximum atomic E-state index is 11.9. The number of benzene rings is 1. The van der Waals surface area contributed by atoms with Gasteiger partial charge in [-0.25, -0.2) is 4.79 Å². The Labute approximate surface area is 129 Å². The van der Waals surface area contributed by atoms with Gasteiger partial charge in [-0.15, -0.1) is 11.3 Å². The van der Waals surface area contributed by atoms with E-state index in [2.05, 4.69) is 15.9 Å². The number of carbonyl (C=O) groups excluding carboxylic acids is 1. The van der Waals surface area contributed by atoms with Gasteiger partial charge in [-0.05, 0) is 43.3 Å². The van der Waals surface area contributed by atoms with Crippen LogP contribution in [0.15, 0.2) is 52.5 Å². The van der Waals surface area contributed by atoms with Crippen LogP contribution in [0, 0.1) is 6.92 Å². The monoisotopic (exact) mass is 346 g/mol. The van der Waals surface area contributed by atoms with E-state index in [-0.39, 0.29) is 5.97 Å². The summed E-state index contributed by atoms with van der Waals surface area (Å²) >= 11 is 5.04. The third-order valence-corrected chi connectivity index (χ3v) is 4.39. The number of cyclic esters (lactones) is 1. The van der Waals surface area contributed by atoms with E-state index >= 15 is 0 Å². The van der Waals surface area contributed by atoms with Crippen LogP contribution < -0.4 is 0 Å². The minimum absolute atomic E-state index is 0.297. The van der Waals surface area contributed by atoms with E-state index in [9.17, 15) is 4.79 Å². The van der Waals surface area contributed by atoms with Crippen molar-refractivity contribution >= 4 is 45.1 Å². The molecule has 0 saturated heterocycles. The first-order chi connectivity index (χ1) is 9.61. The van der Waals surface area contributed by atoms with Gasteiger partial charge in [0.15, 0.2) is 0 Å². The second kappa shape index (κ2) is 5.38. The predicted molar refractivity (Wildman–Crippen MR) is 85.2 cm³/mol. The number of rotatable bonds is 2. The van der Waals surface area contributed by atoms with E-state index < -0.39 is 0 Å². The van der Waals surface area contributed by atoms with Gasteiger partial charge in [-0.3, -0.25) is 0 Å². The predicted octanol–water partition coefficient (Wildman–Crippen LogP) is 4.80. The molecule has 20 heavy (non-hydrogen) atoms. The van der Waals surface area contributed by atoms with Gasteiger partial charge < -0.3 is 4.74 Å². The maximum absolute atomic E-state index is 11.9. The topological polar surface area (TPSA) is 26.3 Å². The molecule has 2 aromatic rings. The molecule has 0 radical (unpaired) electrons. The molecule has 100 valence electrons. The van der Waals surface area contributed by atoms with Crippen LogP contribution >= 0.6 is 27.3 Å². The van der Waals surface area contributed by atoms with Crippen molar-refractivity contribution in [2.45, 2.75) is 6.92 Å². The van der Waals surface area contributed by atoms with Gasteiger partial charge in [0.2, 0.25) is 0 Å². The third kappa shape index (κ3) is 2.76. The molecule has 0 atom stereocenters. The molecule has 1 aromatic carbocycles. The van der Waals surface area contributed by atoms with Crippen LogP contribution in [0.25, 0.3) is 11.8 Å². The number of carbonyl (C=O) groups is 1. The first kappa shape index (κ1) is 13.3. The number of thiophene rings is 1. The highest BCUT2D eigenvalue weighted by Gasteiger charge is 2.22. The molecule has 1 aliphatic rings. The van der Waals surface area contributed by atoms with Gasteiger partial charge >= 0.3 is 5.97 Å². The molecule has 4 heteroatoms. The second-order valence-corrected chi connectivity index (χ2v) is 6.69. The van der Waals surface area contributed by atoms with Gasteiger partial charge in [0.05, 0.1) is 5.57 Å². The van der Waals surface area contributed by atoms with E-state index in [0.29, 0.717) is 11.3 Å². The van der Waals surface area contributed by atoms with Crippen LogP contribution in [0.3, 0.4) is 0 Å². The lowest BCUT2D eigenvalue weighted by molar-refractivity contribution is -0.130. The third-order valence-electron chi connectivity index (χ3n) is 2.91. The molecule has 0 bridgehead atoms. The molecular formula is C16H11BrO2S. The zero-order valence-corrected chi connectivity index (χ0v) is 13.1. The van der Waals surface area contributed by atoms with Crippen molar-refractivity contribution in [3.8, 4) is 0 Å². The Morgan fingerprint density at radius 1 is 1.15 bits per heavy atom. The fourth-order valence-electron chi connectivity index (χ4n) is 1.93. The number of hydrogen-bond donors (Lipinski definition) is 0. The molecular weight excluding hydrogens is 336 g/mol. The summed E-state index contributed by atoms with van der Waals surface area (Å²) < 4.78 is 6.32. The van der Waals surface area contributed by atoms with Crippen molar-refractivity contribution in [2.24, 2.45) is 0 Å². The Balaban J connectivity index is 1.92. The molecule has 3 rings (SSSR count). The summed E-state index contributed by atoms with van der Waals surface area (Å²) in [5, 5.41) is 0. The minimum Gasteiger partial charge on any atom is -0.422 e. The zero-order valence-electron chi connectivity index (χ0n) is 10.7. The quantitative estimate of drug-likeness (QED) is 0.576. The van der Waals surface area contributed by atoms with Crippen molar-refractivity contribution in [3.63, 3.8) is 0 Å². The van der Waals surface area contributed by atoms with Crippen molar-refractivity contribution in [1.29, 1.82) is 0 Å². The molecule has 1 aliphatic heterocycles. The van der Waals surface area contributed by atoms with Crippen LogP contribution in [-0.4, -0.2) is 5.97 Å². The average Bonchev–Trinajstić information content (AvgIpc) is 2.98. The normalized spacial score (nSPS) is 16.4. The van der Waals surface area contributed by atoms with E-state index in [1.807, 2.05) is 49.4 Å². The van der Waals surface area contributed by atoms with Crippen LogP contribution in [0.5, 0.6) is 0 Å². The number of halogens is 1. The number of hydrogen-bond acceptors (Lipinski definition) is 3. The summed E-state index contributed by atoms with van der Waals surface area (Å²) in [6.45, 7) is 2.04. The SMILES string of the molecule is Cc1ccc(/C=C2/C=C(c3ccc(Br)cc3)OC2=O)s1. The molecule has 0 fully saturated rings. The molecule has 0 unspecified atom stereocenters. The first-order valence-corrected chi connectivity index (χ1v) is 7.71. The van der Waals surface area contributed by atoms with E-state index in [0.717, 1.165) is 14.9 Å². The van der Waals surface area contributed by atoms with Crippen LogP contribution in [0.1, 0.15) is 15.3 Å². The molecule has 1 aromatic heterocycles. The Morgan fingerprint density at radius 3 is 2.55 bits per heavy atom. The highest BCUT2D eigenvalue weighted by molar-refractivity contribution is 9.10. The second-order valence-electron chi connectivity index (χ2n) is 4.45. The van der Waals surface area contributed by atoms with Crippen LogP contribution in [0.2, 0.25) is 0 Å². The van der Waals surface area contributed by atoms with Gasteiger partial charge in [-0.1, -0.05) is 28.1 Å².